The molecule has 2 aromatic rings. The van der Waals surface area contributed by atoms with Gasteiger partial charge in [0.15, 0.2) is 0 Å². The molecule has 5 nitrogen and oxygen atoms in total. The molecule has 1 aromatic heterocycles. The van der Waals surface area contributed by atoms with Gasteiger partial charge in [-0.05, 0) is 33.0 Å². The number of anilines is 2. The van der Waals surface area contributed by atoms with Crippen LogP contribution in [0.25, 0.3) is 10.9 Å². The zero-order chi connectivity index (χ0) is 14.3. The van der Waals surface area contributed by atoms with Crippen LogP contribution in [0.4, 0.5) is 11.8 Å². The van der Waals surface area contributed by atoms with E-state index >= 15 is 0 Å². The molecule has 20 heavy (non-hydrogen) atoms. The van der Waals surface area contributed by atoms with Crippen LogP contribution in [0.15, 0.2) is 24.3 Å². The monoisotopic (exact) mass is 271 g/mol. The molecular weight excluding hydrogens is 250 g/mol. The topological polar surface area (TPSA) is 58.3 Å². The van der Waals surface area contributed by atoms with Crippen molar-refractivity contribution in [2.24, 2.45) is 0 Å². The first-order chi connectivity index (χ1) is 9.56. The number of hydrogen-bond acceptors (Lipinski definition) is 5. The number of aromatic nitrogens is 2. The number of para-hydroxylation sites is 1. The van der Waals surface area contributed by atoms with Gasteiger partial charge in [0.05, 0.1) is 5.52 Å². The molecule has 3 rings (SSSR count). The molecule has 0 aliphatic carbocycles. The lowest BCUT2D eigenvalue weighted by Gasteiger charge is -2.43. The fraction of sp³-hybridized carbons (Fsp3) is 0.467. The van der Waals surface area contributed by atoms with Crippen molar-refractivity contribution in [3.8, 4) is 0 Å². The summed E-state index contributed by atoms with van der Waals surface area (Å²) in [5, 5.41) is 1.07. The van der Waals surface area contributed by atoms with Crippen LogP contribution in [0.5, 0.6) is 0 Å². The molecule has 0 spiro atoms. The standard InChI is InChI=1S/C15H21N5/c1-10-8-20(9-11(2)19(10)3)14-12-6-4-5-7-13(12)17-15(16)18-14/h4-7,10-11H,8-9H2,1-3H3,(H2,16,17,18). The van der Waals surface area contributed by atoms with Crippen LogP contribution in [0.1, 0.15) is 13.8 Å². The van der Waals surface area contributed by atoms with E-state index in [9.17, 15) is 0 Å². The second-order valence-corrected chi connectivity index (χ2v) is 5.69. The van der Waals surface area contributed by atoms with Gasteiger partial charge >= 0.3 is 0 Å². The second kappa shape index (κ2) is 4.90. The SMILES string of the molecule is CC1CN(c2nc(N)nc3ccccc23)CC(C)N1C. The number of rotatable bonds is 1. The quantitative estimate of drug-likeness (QED) is 0.856. The minimum absolute atomic E-state index is 0.345. The number of nitrogens with two attached hydrogens (primary N) is 1. The van der Waals surface area contributed by atoms with E-state index in [2.05, 4.69) is 46.7 Å². The van der Waals surface area contributed by atoms with Crippen LogP contribution in [0.3, 0.4) is 0 Å². The molecule has 0 bridgehead atoms. The lowest BCUT2D eigenvalue weighted by Crippen LogP contribution is -2.55. The highest BCUT2D eigenvalue weighted by Crippen LogP contribution is 2.27. The Morgan fingerprint density at radius 1 is 1.10 bits per heavy atom. The molecule has 0 amide bonds. The molecule has 2 N–H and O–H groups in total. The van der Waals surface area contributed by atoms with E-state index in [-0.39, 0.29) is 0 Å². The number of likely N-dealkylation sites (N-methyl/N-ethyl adjacent to an activating group) is 1. The van der Waals surface area contributed by atoms with E-state index in [1.165, 1.54) is 0 Å². The van der Waals surface area contributed by atoms with Gasteiger partial charge < -0.3 is 10.6 Å². The summed E-state index contributed by atoms with van der Waals surface area (Å²) in [5.41, 5.74) is 6.78. The van der Waals surface area contributed by atoms with E-state index in [4.69, 9.17) is 5.73 Å². The Morgan fingerprint density at radius 2 is 1.75 bits per heavy atom. The number of hydrogen-bond donors (Lipinski definition) is 1. The lowest BCUT2D eigenvalue weighted by molar-refractivity contribution is 0.170. The Hall–Kier alpha value is -1.88. The maximum atomic E-state index is 5.87. The summed E-state index contributed by atoms with van der Waals surface area (Å²) in [6.07, 6.45) is 0. The van der Waals surface area contributed by atoms with Crippen molar-refractivity contribution in [3.05, 3.63) is 24.3 Å². The average molecular weight is 271 g/mol. The predicted octanol–water partition coefficient (Wildman–Crippen LogP) is 1.74. The molecule has 106 valence electrons. The van der Waals surface area contributed by atoms with Crippen molar-refractivity contribution in [1.29, 1.82) is 0 Å². The maximum absolute atomic E-state index is 5.87. The van der Waals surface area contributed by atoms with Crippen molar-refractivity contribution < 1.29 is 0 Å². The summed E-state index contributed by atoms with van der Waals surface area (Å²) in [6.45, 7) is 6.41. The molecule has 0 saturated carbocycles. The van der Waals surface area contributed by atoms with Crippen molar-refractivity contribution in [2.75, 3.05) is 30.8 Å². The molecule has 1 aromatic carbocycles. The number of nitrogen functional groups attached to an aromatic ring is 1. The third-order valence-electron chi connectivity index (χ3n) is 4.26. The Bertz CT molecular complexity index is 615. The first kappa shape index (κ1) is 13.1. The van der Waals surface area contributed by atoms with Crippen LogP contribution in [0, 0.1) is 0 Å². The zero-order valence-electron chi connectivity index (χ0n) is 12.2. The summed E-state index contributed by atoms with van der Waals surface area (Å²) < 4.78 is 0. The normalized spacial score (nSPS) is 24.2. The largest absolute Gasteiger partial charge is 0.368 e. The van der Waals surface area contributed by atoms with Crippen LogP contribution < -0.4 is 10.6 Å². The van der Waals surface area contributed by atoms with E-state index in [1.807, 2.05) is 18.2 Å². The van der Waals surface area contributed by atoms with Gasteiger partial charge in [-0.2, -0.15) is 4.98 Å². The predicted molar refractivity (Wildman–Crippen MR) is 82.9 cm³/mol. The van der Waals surface area contributed by atoms with Crippen LogP contribution in [-0.4, -0.2) is 47.1 Å². The summed E-state index contributed by atoms with van der Waals surface area (Å²) >= 11 is 0. The number of fused-ring (bicyclic) bond motifs is 1. The molecule has 5 heteroatoms. The van der Waals surface area contributed by atoms with Crippen molar-refractivity contribution in [2.45, 2.75) is 25.9 Å². The lowest BCUT2D eigenvalue weighted by atomic mass is 10.1. The van der Waals surface area contributed by atoms with Gasteiger partial charge in [-0.15, -0.1) is 0 Å². The molecule has 1 saturated heterocycles. The Morgan fingerprint density at radius 3 is 2.45 bits per heavy atom. The fourth-order valence-corrected chi connectivity index (χ4v) is 2.90. The van der Waals surface area contributed by atoms with Gasteiger partial charge in [0.1, 0.15) is 5.82 Å². The van der Waals surface area contributed by atoms with Crippen LogP contribution in [-0.2, 0) is 0 Å². The summed E-state index contributed by atoms with van der Waals surface area (Å²) in [7, 11) is 2.18. The van der Waals surface area contributed by atoms with E-state index in [0.717, 1.165) is 29.8 Å². The summed E-state index contributed by atoms with van der Waals surface area (Å²) in [6, 6.07) is 9.04. The number of piperazine rings is 1. The van der Waals surface area contributed by atoms with Gasteiger partial charge in [-0.1, -0.05) is 12.1 Å². The molecule has 1 aliphatic heterocycles. The molecule has 2 atom stereocenters. The Balaban J connectivity index is 2.06. The number of nitrogens with zero attached hydrogens (tertiary/aromatic N) is 4. The highest BCUT2D eigenvalue weighted by Gasteiger charge is 2.28. The first-order valence-corrected chi connectivity index (χ1v) is 7.05. The average Bonchev–Trinajstić information content (AvgIpc) is 2.43. The van der Waals surface area contributed by atoms with Gasteiger partial charge in [0, 0.05) is 30.6 Å². The van der Waals surface area contributed by atoms with Crippen LogP contribution >= 0.6 is 0 Å². The van der Waals surface area contributed by atoms with E-state index in [0.29, 0.717) is 18.0 Å². The summed E-state index contributed by atoms with van der Waals surface area (Å²) in [4.78, 5) is 13.5. The minimum atomic E-state index is 0.345. The van der Waals surface area contributed by atoms with Crippen molar-refractivity contribution in [3.63, 3.8) is 0 Å². The molecular formula is C15H21N5. The minimum Gasteiger partial charge on any atom is -0.368 e. The van der Waals surface area contributed by atoms with E-state index < -0.39 is 0 Å². The third kappa shape index (κ3) is 2.18. The van der Waals surface area contributed by atoms with Crippen molar-refractivity contribution in [1.82, 2.24) is 14.9 Å². The second-order valence-electron chi connectivity index (χ2n) is 5.69. The molecule has 2 heterocycles. The molecule has 0 radical (unpaired) electrons. The summed E-state index contributed by atoms with van der Waals surface area (Å²) in [5.74, 6) is 1.30. The smallest absolute Gasteiger partial charge is 0.222 e. The van der Waals surface area contributed by atoms with E-state index in [1.54, 1.807) is 0 Å². The van der Waals surface area contributed by atoms with Gasteiger partial charge in [0.25, 0.3) is 0 Å². The maximum Gasteiger partial charge on any atom is 0.222 e. The zero-order valence-corrected chi connectivity index (χ0v) is 12.2. The molecule has 1 fully saturated rings. The van der Waals surface area contributed by atoms with Crippen LogP contribution in [0.2, 0.25) is 0 Å². The van der Waals surface area contributed by atoms with Gasteiger partial charge in [-0.25, -0.2) is 4.98 Å². The molecule has 1 aliphatic rings. The van der Waals surface area contributed by atoms with Gasteiger partial charge in [-0.3, -0.25) is 4.90 Å². The van der Waals surface area contributed by atoms with Crippen molar-refractivity contribution >= 4 is 22.7 Å². The fourth-order valence-electron chi connectivity index (χ4n) is 2.90. The third-order valence-corrected chi connectivity index (χ3v) is 4.26. The first-order valence-electron chi connectivity index (χ1n) is 7.05. The highest BCUT2D eigenvalue weighted by atomic mass is 15.3. The Kier molecular flexibility index (Phi) is 3.22. The highest BCUT2D eigenvalue weighted by molar-refractivity contribution is 5.90. The number of benzene rings is 1. The molecule has 2 unspecified atom stereocenters. The van der Waals surface area contributed by atoms with Gasteiger partial charge in [0.2, 0.25) is 5.95 Å². The Labute approximate surface area is 119 Å².